The first kappa shape index (κ1) is 8.08. The zero-order chi connectivity index (χ0) is 7.11. The van der Waals surface area contributed by atoms with Crippen molar-refractivity contribution in [3.8, 4) is 0 Å². The Labute approximate surface area is 55.3 Å². The first-order chi connectivity index (χ1) is 4.31. The van der Waals surface area contributed by atoms with E-state index in [0.717, 1.165) is 6.29 Å². The molecule has 0 bridgehead atoms. The molecule has 0 fully saturated rings. The Kier molecular flexibility index (Phi) is 4.69. The fourth-order valence-electron chi connectivity index (χ4n) is 0.317. The number of carbonyl (C=O) groups excluding carboxylic acids is 1. The van der Waals surface area contributed by atoms with E-state index >= 15 is 0 Å². The fraction of sp³-hybridized carbons (Fsp3) is 0.429. The molecule has 0 aromatic rings. The second-order valence-corrected chi connectivity index (χ2v) is 1.74. The SMILES string of the molecule is CC=N/C=C\C(C)C=O. The van der Waals surface area contributed by atoms with Gasteiger partial charge in [0.25, 0.3) is 0 Å². The van der Waals surface area contributed by atoms with E-state index in [-0.39, 0.29) is 5.92 Å². The highest BCUT2D eigenvalue weighted by Crippen LogP contribution is 1.90. The maximum Gasteiger partial charge on any atom is 0.126 e. The summed E-state index contributed by atoms with van der Waals surface area (Å²) in [5.74, 6) is -0.0197. The molecule has 0 N–H and O–H groups in total. The molecule has 0 aromatic carbocycles. The first-order valence-electron chi connectivity index (χ1n) is 2.91. The quantitative estimate of drug-likeness (QED) is 0.414. The Morgan fingerprint density at radius 2 is 2.22 bits per heavy atom. The zero-order valence-electron chi connectivity index (χ0n) is 5.74. The Morgan fingerprint density at radius 1 is 1.56 bits per heavy atom. The number of hydrogen-bond donors (Lipinski definition) is 0. The van der Waals surface area contributed by atoms with Gasteiger partial charge in [0.1, 0.15) is 6.29 Å². The van der Waals surface area contributed by atoms with Gasteiger partial charge >= 0.3 is 0 Å². The van der Waals surface area contributed by atoms with Gasteiger partial charge in [0.2, 0.25) is 0 Å². The van der Waals surface area contributed by atoms with Crippen LogP contribution < -0.4 is 0 Å². The van der Waals surface area contributed by atoms with Crippen LogP contribution in [-0.2, 0) is 4.79 Å². The van der Waals surface area contributed by atoms with Gasteiger partial charge < -0.3 is 4.79 Å². The molecule has 0 aliphatic heterocycles. The summed E-state index contributed by atoms with van der Waals surface area (Å²) in [6, 6.07) is 0. The van der Waals surface area contributed by atoms with Crippen LogP contribution in [0.25, 0.3) is 0 Å². The van der Waals surface area contributed by atoms with E-state index in [1.54, 1.807) is 18.5 Å². The second-order valence-electron chi connectivity index (χ2n) is 1.74. The maximum atomic E-state index is 10.00. The molecule has 1 unspecified atom stereocenters. The Hall–Kier alpha value is -0.920. The van der Waals surface area contributed by atoms with Crippen LogP contribution in [-0.4, -0.2) is 12.5 Å². The van der Waals surface area contributed by atoms with Crippen molar-refractivity contribution in [1.29, 1.82) is 0 Å². The van der Waals surface area contributed by atoms with Crippen molar-refractivity contribution in [3.63, 3.8) is 0 Å². The van der Waals surface area contributed by atoms with Crippen LogP contribution in [0.3, 0.4) is 0 Å². The number of hydrogen-bond acceptors (Lipinski definition) is 2. The van der Waals surface area contributed by atoms with Crippen LogP contribution in [0.15, 0.2) is 17.3 Å². The molecule has 0 aromatic heterocycles. The van der Waals surface area contributed by atoms with Crippen molar-refractivity contribution in [2.24, 2.45) is 10.9 Å². The smallest absolute Gasteiger partial charge is 0.126 e. The van der Waals surface area contributed by atoms with Gasteiger partial charge in [-0.3, -0.25) is 4.99 Å². The van der Waals surface area contributed by atoms with E-state index in [2.05, 4.69) is 4.99 Å². The Balaban J connectivity index is 3.55. The fourth-order valence-corrected chi connectivity index (χ4v) is 0.317. The topological polar surface area (TPSA) is 29.4 Å². The van der Waals surface area contributed by atoms with E-state index < -0.39 is 0 Å². The molecule has 0 aliphatic rings. The first-order valence-corrected chi connectivity index (χ1v) is 2.91. The van der Waals surface area contributed by atoms with E-state index in [9.17, 15) is 4.79 Å². The molecule has 1 atom stereocenters. The third-order valence-corrected chi connectivity index (χ3v) is 0.839. The number of nitrogens with zero attached hydrogens (tertiary/aromatic N) is 1. The molecule has 0 spiro atoms. The van der Waals surface area contributed by atoms with Gasteiger partial charge in [0.15, 0.2) is 0 Å². The largest absolute Gasteiger partial charge is 0.303 e. The lowest BCUT2D eigenvalue weighted by atomic mass is 10.2. The van der Waals surface area contributed by atoms with Crippen LogP contribution >= 0.6 is 0 Å². The van der Waals surface area contributed by atoms with Crippen molar-refractivity contribution in [3.05, 3.63) is 12.3 Å². The van der Waals surface area contributed by atoms with Crippen molar-refractivity contribution < 1.29 is 4.79 Å². The second kappa shape index (κ2) is 5.22. The molecule has 0 saturated heterocycles. The number of aliphatic imine (C=N–C) groups is 1. The van der Waals surface area contributed by atoms with Gasteiger partial charge in [-0.25, -0.2) is 0 Å². The third-order valence-electron chi connectivity index (χ3n) is 0.839. The standard InChI is InChI=1S/C7H11NO/c1-3-8-5-4-7(2)6-9/h3-7H,1-2H3/b5-4-,8-3?. The number of rotatable bonds is 3. The lowest BCUT2D eigenvalue weighted by Crippen LogP contribution is -1.87. The molecule has 9 heavy (non-hydrogen) atoms. The zero-order valence-corrected chi connectivity index (χ0v) is 5.74. The number of allylic oxidation sites excluding steroid dienone is 1. The molecule has 50 valence electrons. The van der Waals surface area contributed by atoms with E-state index in [1.807, 2.05) is 13.8 Å². The van der Waals surface area contributed by atoms with Gasteiger partial charge in [0.05, 0.1) is 0 Å². The molecule has 0 radical (unpaired) electrons. The van der Waals surface area contributed by atoms with Crippen LogP contribution in [0.1, 0.15) is 13.8 Å². The molecule has 0 saturated carbocycles. The summed E-state index contributed by atoms with van der Waals surface area (Å²) < 4.78 is 0. The summed E-state index contributed by atoms with van der Waals surface area (Å²) in [4.78, 5) is 13.8. The minimum Gasteiger partial charge on any atom is -0.303 e. The Morgan fingerprint density at radius 3 is 2.67 bits per heavy atom. The molecule has 0 heterocycles. The van der Waals surface area contributed by atoms with Gasteiger partial charge in [-0.2, -0.15) is 0 Å². The highest BCUT2D eigenvalue weighted by Gasteiger charge is 1.87. The maximum absolute atomic E-state index is 10.00. The van der Waals surface area contributed by atoms with Gasteiger partial charge in [-0.15, -0.1) is 0 Å². The number of aldehydes is 1. The van der Waals surface area contributed by atoms with Crippen molar-refractivity contribution in [2.75, 3.05) is 0 Å². The van der Waals surface area contributed by atoms with E-state index in [0.29, 0.717) is 0 Å². The summed E-state index contributed by atoms with van der Waals surface area (Å²) in [5, 5.41) is 0. The lowest BCUT2D eigenvalue weighted by molar-refractivity contribution is -0.109. The molecule has 2 nitrogen and oxygen atoms in total. The molecular formula is C7H11NO. The molecule has 0 amide bonds. The summed E-state index contributed by atoms with van der Waals surface area (Å²) in [7, 11) is 0. The van der Waals surface area contributed by atoms with Crippen molar-refractivity contribution >= 4 is 12.5 Å². The lowest BCUT2D eigenvalue weighted by Gasteiger charge is -1.86. The summed E-state index contributed by atoms with van der Waals surface area (Å²) in [6.45, 7) is 3.64. The minimum absolute atomic E-state index is 0.0197. The van der Waals surface area contributed by atoms with Gasteiger partial charge in [-0.05, 0) is 6.92 Å². The average molecular weight is 125 g/mol. The predicted molar refractivity (Wildman–Crippen MR) is 38.5 cm³/mol. The number of carbonyl (C=O) groups is 1. The van der Waals surface area contributed by atoms with E-state index in [1.165, 1.54) is 0 Å². The Bertz CT molecular complexity index is 127. The highest BCUT2D eigenvalue weighted by molar-refractivity contribution is 5.57. The summed E-state index contributed by atoms with van der Waals surface area (Å²) in [6.07, 6.45) is 5.92. The monoisotopic (exact) mass is 125 g/mol. The molecule has 2 heteroatoms. The van der Waals surface area contributed by atoms with Gasteiger partial charge in [0, 0.05) is 18.3 Å². The predicted octanol–water partition coefficient (Wildman–Crippen LogP) is 1.43. The summed E-state index contributed by atoms with van der Waals surface area (Å²) >= 11 is 0. The molecule has 0 aliphatic carbocycles. The molecular weight excluding hydrogens is 114 g/mol. The van der Waals surface area contributed by atoms with Crippen LogP contribution in [0.4, 0.5) is 0 Å². The minimum atomic E-state index is -0.0197. The van der Waals surface area contributed by atoms with Crippen LogP contribution in [0.5, 0.6) is 0 Å². The molecule has 0 rings (SSSR count). The van der Waals surface area contributed by atoms with E-state index in [4.69, 9.17) is 0 Å². The van der Waals surface area contributed by atoms with Crippen LogP contribution in [0, 0.1) is 5.92 Å². The average Bonchev–Trinajstić information content (AvgIpc) is 1.89. The van der Waals surface area contributed by atoms with Gasteiger partial charge in [-0.1, -0.05) is 13.0 Å². The third kappa shape index (κ3) is 4.94. The summed E-state index contributed by atoms with van der Waals surface area (Å²) in [5.41, 5.74) is 0. The van der Waals surface area contributed by atoms with Crippen molar-refractivity contribution in [2.45, 2.75) is 13.8 Å². The van der Waals surface area contributed by atoms with Crippen LogP contribution in [0.2, 0.25) is 0 Å². The normalized spacial score (nSPS) is 14.9. The highest BCUT2D eigenvalue weighted by atomic mass is 16.1. The van der Waals surface area contributed by atoms with Crippen molar-refractivity contribution in [1.82, 2.24) is 0 Å².